The number of nitrogens with one attached hydrogen (secondary N) is 2. The van der Waals surface area contributed by atoms with Crippen molar-refractivity contribution in [3.05, 3.63) is 83.4 Å². The quantitative estimate of drug-likeness (QED) is 0.416. The van der Waals surface area contributed by atoms with Gasteiger partial charge in [0.05, 0.1) is 18.4 Å². The van der Waals surface area contributed by atoms with Crippen molar-refractivity contribution in [2.75, 3.05) is 17.7 Å². The molecule has 1 amide bonds. The van der Waals surface area contributed by atoms with Gasteiger partial charge in [0.2, 0.25) is 0 Å². The molecule has 4 rings (SSSR count). The number of benzene rings is 2. The highest BCUT2D eigenvalue weighted by Gasteiger charge is 2.16. The predicted octanol–water partition coefficient (Wildman–Crippen LogP) is 5.49. The number of hydrogen-bond donors (Lipinski definition) is 2. The van der Waals surface area contributed by atoms with Crippen LogP contribution in [0.2, 0.25) is 0 Å². The molecule has 2 heterocycles. The fourth-order valence-corrected chi connectivity index (χ4v) is 3.60. The average Bonchev–Trinajstić information content (AvgIpc) is 3.22. The largest absolute Gasteiger partial charge is 0.496 e. The van der Waals surface area contributed by atoms with Gasteiger partial charge < -0.3 is 10.1 Å². The Morgan fingerprint density at radius 1 is 1.06 bits per heavy atom. The van der Waals surface area contributed by atoms with Crippen LogP contribution in [0.3, 0.4) is 0 Å². The fraction of sp³-hybridized carbons (Fsp3) is 0.0455. The molecule has 6 nitrogen and oxygen atoms in total. The van der Waals surface area contributed by atoms with Crippen LogP contribution in [0.25, 0.3) is 11.3 Å². The maximum absolute atomic E-state index is 13.7. The Hall–Kier alpha value is -3.85. The summed E-state index contributed by atoms with van der Waals surface area (Å²) in [6.45, 7) is 0. The van der Waals surface area contributed by atoms with Crippen LogP contribution in [-0.4, -0.2) is 23.0 Å². The van der Waals surface area contributed by atoms with Crippen LogP contribution < -0.4 is 15.4 Å². The highest BCUT2D eigenvalue weighted by Crippen LogP contribution is 2.33. The Bertz CT molecular complexity index is 1250. The highest BCUT2D eigenvalue weighted by molar-refractivity contribution is 7.14. The lowest BCUT2D eigenvalue weighted by Gasteiger charge is -2.10. The van der Waals surface area contributed by atoms with Crippen LogP contribution >= 0.6 is 11.3 Å². The zero-order chi connectivity index (χ0) is 21.8. The van der Waals surface area contributed by atoms with Crippen molar-refractivity contribution in [2.24, 2.45) is 0 Å². The van der Waals surface area contributed by atoms with Gasteiger partial charge in [-0.15, -0.1) is 11.3 Å². The lowest BCUT2D eigenvalue weighted by atomic mass is 10.1. The summed E-state index contributed by atoms with van der Waals surface area (Å²) in [6.07, 6.45) is 1.52. The number of hydrogen-bond acceptors (Lipinski definition) is 6. The van der Waals surface area contributed by atoms with E-state index in [1.807, 2.05) is 0 Å². The van der Waals surface area contributed by atoms with E-state index >= 15 is 0 Å². The summed E-state index contributed by atoms with van der Waals surface area (Å²) in [5.74, 6) is -0.528. The topological polar surface area (TPSA) is 76.1 Å². The molecule has 2 aromatic carbocycles. The Kier molecular flexibility index (Phi) is 5.85. The number of anilines is 3. The van der Waals surface area contributed by atoms with E-state index in [-0.39, 0.29) is 11.4 Å². The van der Waals surface area contributed by atoms with E-state index in [4.69, 9.17) is 4.74 Å². The number of pyridine rings is 1. The minimum absolute atomic E-state index is 0.256. The molecule has 0 saturated carbocycles. The number of methoxy groups -OCH3 is 1. The molecular formula is C22H16F2N4O2S. The van der Waals surface area contributed by atoms with Gasteiger partial charge in [0.15, 0.2) is 5.13 Å². The van der Waals surface area contributed by atoms with E-state index in [1.54, 1.807) is 29.6 Å². The molecule has 0 radical (unpaired) electrons. The number of thiazole rings is 1. The molecule has 0 aliphatic carbocycles. The SMILES string of the molecule is COc1ccc(F)cc1-c1csc(NC(=O)c2cccnc2Nc2cccc(F)c2)n1. The molecule has 4 aromatic rings. The van der Waals surface area contributed by atoms with Gasteiger partial charge in [-0.05, 0) is 48.5 Å². The number of nitrogens with zero attached hydrogens (tertiary/aromatic N) is 2. The van der Waals surface area contributed by atoms with Crippen molar-refractivity contribution in [3.63, 3.8) is 0 Å². The van der Waals surface area contributed by atoms with Crippen molar-refractivity contribution in [1.29, 1.82) is 0 Å². The van der Waals surface area contributed by atoms with Crippen molar-refractivity contribution in [3.8, 4) is 17.0 Å². The van der Waals surface area contributed by atoms with Gasteiger partial charge in [0.1, 0.15) is 23.2 Å². The molecule has 31 heavy (non-hydrogen) atoms. The fourth-order valence-electron chi connectivity index (χ4n) is 2.89. The molecule has 0 fully saturated rings. The minimum Gasteiger partial charge on any atom is -0.496 e. The number of halogens is 2. The Balaban J connectivity index is 1.56. The average molecular weight is 438 g/mol. The maximum atomic E-state index is 13.7. The number of carbonyl (C=O) groups is 1. The van der Waals surface area contributed by atoms with Gasteiger partial charge in [0, 0.05) is 22.8 Å². The summed E-state index contributed by atoms with van der Waals surface area (Å²) in [6, 6.07) is 13.2. The predicted molar refractivity (Wildman–Crippen MR) is 116 cm³/mol. The van der Waals surface area contributed by atoms with Crippen molar-refractivity contribution >= 4 is 33.9 Å². The van der Waals surface area contributed by atoms with Gasteiger partial charge in [-0.25, -0.2) is 18.7 Å². The van der Waals surface area contributed by atoms with Gasteiger partial charge >= 0.3 is 0 Å². The first-order valence-electron chi connectivity index (χ1n) is 9.12. The van der Waals surface area contributed by atoms with Crippen molar-refractivity contribution in [1.82, 2.24) is 9.97 Å². The maximum Gasteiger partial charge on any atom is 0.261 e. The summed E-state index contributed by atoms with van der Waals surface area (Å²) in [4.78, 5) is 21.4. The molecule has 0 aliphatic heterocycles. The van der Waals surface area contributed by atoms with Crippen LogP contribution in [0.15, 0.2) is 66.2 Å². The molecule has 156 valence electrons. The molecule has 2 aromatic heterocycles. The molecule has 2 N–H and O–H groups in total. The van der Waals surface area contributed by atoms with Gasteiger partial charge in [-0.3, -0.25) is 10.1 Å². The van der Waals surface area contributed by atoms with E-state index in [9.17, 15) is 13.6 Å². The van der Waals surface area contributed by atoms with Crippen molar-refractivity contribution < 1.29 is 18.3 Å². The first-order valence-corrected chi connectivity index (χ1v) is 10.00. The summed E-state index contributed by atoms with van der Waals surface area (Å²) in [7, 11) is 1.49. The molecular weight excluding hydrogens is 422 g/mol. The normalized spacial score (nSPS) is 10.5. The standard InChI is InChI=1S/C22H16F2N4O2S/c1-30-19-8-7-14(24)11-17(19)18-12-31-22(27-18)28-21(29)16-6-3-9-25-20(16)26-15-5-2-4-13(23)10-15/h2-12H,1H3,(H,25,26)(H,27,28,29). The highest BCUT2D eigenvalue weighted by atomic mass is 32.1. The number of aromatic nitrogens is 2. The molecule has 0 atom stereocenters. The van der Waals surface area contributed by atoms with E-state index in [2.05, 4.69) is 20.6 Å². The summed E-state index contributed by atoms with van der Waals surface area (Å²) in [5, 5.41) is 7.69. The second-order valence-corrected chi connectivity index (χ2v) is 7.23. The monoisotopic (exact) mass is 438 g/mol. The van der Waals surface area contributed by atoms with Gasteiger partial charge in [0.25, 0.3) is 5.91 Å². The van der Waals surface area contributed by atoms with Crippen LogP contribution in [0.4, 0.5) is 25.4 Å². The zero-order valence-corrected chi connectivity index (χ0v) is 17.0. The van der Waals surface area contributed by atoms with Crippen LogP contribution in [0, 0.1) is 11.6 Å². The number of rotatable bonds is 6. The number of amides is 1. The second-order valence-electron chi connectivity index (χ2n) is 6.37. The molecule has 0 bridgehead atoms. The third kappa shape index (κ3) is 4.67. The van der Waals surface area contributed by atoms with Crippen LogP contribution in [0.5, 0.6) is 5.75 Å². The van der Waals surface area contributed by atoms with Gasteiger partial charge in [-0.1, -0.05) is 6.07 Å². The Morgan fingerprint density at radius 3 is 2.71 bits per heavy atom. The summed E-state index contributed by atoms with van der Waals surface area (Å²) < 4.78 is 32.4. The molecule has 0 spiro atoms. The Morgan fingerprint density at radius 2 is 1.90 bits per heavy atom. The third-order valence-electron chi connectivity index (χ3n) is 4.30. The van der Waals surface area contributed by atoms with E-state index in [1.165, 1.54) is 55.0 Å². The molecule has 0 aliphatic rings. The summed E-state index contributed by atoms with van der Waals surface area (Å²) in [5.41, 5.74) is 1.67. The second kappa shape index (κ2) is 8.88. The first-order chi connectivity index (χ1) is 15.0. The van der Waals surface area contributed by atoms with Crippen molar-refractivity contribution in [2.45, 2.75) is 0 Å². The van der Waals surface area contributed by atoms with Crippen LogP contribution in [-0.2, 0) is 0 Å². The van der Waals surface area contributed by atoms with E-state index in [0.29, 0.717) is 27.8 Å². The smallest absolute Gasteiger partial charge is 0.261 e. The summed E-state index contributed by atoms with van der Waals surface area (Å²) >= 11 is 1.19. The molecule has 0 saturated heterocycles. The third-order valence-corrected chi connectivity index (χ3v) is 5.06. The van der Waals surface area contributed by atoms with E-state index in [0.717, 1.165) is 0 Å². The lowest BCUT2D eigenvalue weighted by molar-refractivity contribution is 0.102. The van der Waals surface area contributed by atoms with Gasteiger partial charge in [-0.2, -0.15) is 0 Å². The van der Waals surface area contributed by atoms with E-state index < -0.39 is 17.5 Å². The lowest BCUT2D eigenvalue weighted by Crippen LogP contribution is -2.14. The number of ether oxygens (including phenoxy) is 1. The number of carbonyl (C=O) groups excluding carboxylic acids is 1. The first kappa shape index (κ1) is 20.4. The van der Waals surface area contributed by atoms with Crippen LogP contribution in [0.1, 0.15) is 10.4 Å². The molecule has 0 unspecified atom stereocenters. The zero-order valence-electron chi connectivity index (χ0n) is 16.2. The Labute approximate surface area is 180 Å². The molecule has 9 heteroatoms. The minimum atomic E-state index is -0.445.